The third-order valence-electron chi connectivity index (χ3n) is 2.50. The average molecular weight is 307 g/mol. The molecule has 7 heteroatoms. The van der Waals surface area contributed by atoms with Gasteiger partial charge in [-0.3, -0.25) is 0 Å². The minimum Gasteiger partial charge on any atom is -0.382 e. The first kappa shape index (κ1) is 17.9. The highest BCUT2D eigenvalue weighted by Crippen LogP contribution is 2.04. The molecular formula is C15H21N3O4. The van der Waals surface area contributed by atoms with Crippen LogP contribution in [0.15, 0.2) is 18.3 Å². The summed E-state index contributed by atoms with van der Waals surface area (Å²) in [4.78, 5) is 15.6. The normalized spacial score (nSPS) is 10.0. The zero-order chi connectivity index (χ0) is 16.0. The second-order valence-electron chi connectivity index (χ2n) is 4.17. The maximum Gasteiger partial charge on any atom is 0.319 e. The topological polar surface area (TPSA) is 81.7 Å². The minimum atomic E-state index is -0.324. The van der Waals surface area contributed by atoms with Gasteiger partial charge in [0.15, 0.2) is 0 Å². The molecule has 0 aliphatic carbocycles. The lowest BCUT2D eigenvalue weighted by atomic mass is 10.3. The highest BCUT2D eigenvalue weighted by Gasteiger charge is 2.01. The monoisotopic (exact) mass is 307 g/mol. The van der Waals surface area contributed by atoms with Crippen LogP contribution in [0.5, 0.6) is 0 Å². The Hall–Kier alpha value is -2.14. The van der Waals surface area contributed by atoms with E-state index >= 15 is 0 Å². The predicted octanol–water partition coefficient (Wildman–Crippen LogP) is 0.864. The van der Waals surface area contributed by atoms with E-state index in [0.29, 0.717) is 51.0 Å². The van der Waals surface area contributed by atoms with E-state index in [4.69, 9.17) is 20.6 Å². The number of hydrogen-bond donors (Lipinski definition) is 2. The first-order chi connectivity index (χ1) is 10.8. The maximum atomic E-state index is 11.6. The molecule has 0 aliphatic heterocycles. The highest BCUT2D eigenvalue weighted by molar-refractivity contribution is 5.88. The van der Waals surface area contributed by atoms with E-state index in [1.165, 1.54) is 6.20 Å². The quantitative estimate of drug-likeness (QED) is 0.495. The molecule has 0 unspecified atom stereocenters. The van der Waals surface area contributed by atoms with Crippen molar-refractivity contribution < 1.29 is 19.0 Å². The molecule has 1 aromatic heterocycles. The molecule has 0 atom stereocenters. The number of rotatable bonds is 10. The number of nitrogens with zero attached hydrogens (tertiary/aromatic N) is 1. The zero-order valence-corrected chi connectivity index (χ0v) is 12.6. The van der Waals surface area contributed by atoms with Gasteiger partial charge in [-0.05, 0) is 12.1 Å². The smallest absolute Gasteiger partial charge is 0.319 e. The van der Waals surface area contributed by atoms with Crippen molar-refractivity contribution >= 4 is 11.7 Å². The fraction of sp³-hybridized carbons (Fsp3) is 0.467. The summed E-state index contributed by atoms with van der Waals surface area (Å²) in [6.07, 6.45) is 6.70. The van der Waals surface area contributed by atoms with E-state index in [1.54, 1.807) is 19.2 Å². The summed E-state index contributed by atoms with van der Waals surface area (Å²) in [6, 6.07) is 3.02. The Morgan fingerprint density at radius 2 is 1.95 bits per heavy atom. The lowest BCUT2D eigenvalue weighted by Gasteiger charge is -2.08. The van der Waals surface area contributed by atoms with Crippen molar-refractivity contribution in [1.82, 2.24) is 10.3 Å². The first-order valence-electron chi connectivity index (χ1n) is 6.88. The Balaban J connectivity index is 2.02. The molecule has 0 bridgehead atoms. The summed E-state index contributed by atoms with van der Waals surface area (Å²) in [6.45, 7) is 2.91. The van der Waals surface area contributed by atoms with Crippen LogP contribution < -0.4 is 10.6 Å². The number of carbonyl (C=O) groups is 1. The number of carbonyl (C=O) groups excluding carboxylic acids is 1. The third-order valence-corrected chi connectivity index (χ3v) is 2.50. The summed E-state index contributed by atoms with van der Waals surface area (Å²) >= 11 is 0. The maximum absolute atomic E-state index is 11.6. The fourth-order valence-corrected chi connectivity index (χ4v) is 1.43. The number of amides is 2. The molecule has 120 valence electrons. The Morgan fingerprint density at radius 3 is 2.59 bits per heavy atom. The number of aromatic nitrogens is 1. The molecule has 0 aliphatic rings. The highest BCUT2D eigenvalue weighted by atomic mass is 16.5. The van der Waals surface area contributed by atoms with Gasteiger partial charge < -0.3 is 24.8 Å². The molecule has 2 amide bonds. The molecule has 1 aromatic rings. The van der Waals surface area contributed by atoms with Crippen molar-refractivity contribution in [2.45, 2.75) is 0 Å². The van der Waals surface area contributed by atoms with Crippen molar-refractivity contribution in [1.29, 1.82) is 0 Å². The van der Waals surface area contributed by atoms with E-state index in [9.17, 15) is 4.79 Å². The van der Waals surface area contributed by atoms with Crippen LogP contribution in [0.1, 0.15) is 5.69 Å². The van der Waals surface area contributed by atoms with Crippen LogP contribution in [0.2, 0.25) is 0 Å². The van der Waals surface area contributed by atoms with Crippen molar-refractivity contribution in [2.24, 2.45) is 0 Å². The van der Waals surface area contributed by atoms with Gasteiger partial charge in [0.1, 0.15) is 5.69 Å². The molecular weight excluding hydrogens is 286 g/mol. The number of nitrogens with one attached hydrogen (secondary N) is 2. The molecule has 7 nitrogen and oxygen atoms in total. The Bertz CT molecular complexity index is 471. The first-order valence-corrected chi connectivity index (χ1v) is 6.88. The van der Waals surface area contributed by atoms with E-state index < -0.39 is 0 Å². The van der Waals surface area contributed by atoms with Gasteiger partial charge in [0.2, 0.25) is 0 Å². The minimum absolute atomic E-state index is 0.324. The lowest BCUT2D eigenvalue weighted by Crippen LogP contribution is -2.31. The van der Waals surface area contributed by atoms with Crippen molar-refractivity contribution in [3.05, 3.63) is 24.0 Å². The number of hydrogen-bond acceptors (Lipinski definition) is 5. The van der Waals surface area contributed by atoms with Gasteiger partial charge in [-0.25, -0.2) is 9.78 Å². The average Bonchev–Trinajstić information content (AvgIpc) is 2.54. The second-order valence-corrected chi connectivity index (χ2v) is 4.17. The molecule has 22 heavy (non-hydrogen) atoms. The van der Waals surface area contributed by atoms with Gasteiger partial charge in [0.05, 0.1) is 44.9 Å². The lowest BCUT2D eigenvalue weighted by molar-refractivity contribution is 0.0260. The van der Waals surface area contributed by atoms with Crippen LogP contribution in [0.25, 0.3) is 0 Å². The number of urea groups is 1. The summed E-state index contributed by atoms with van der Waals surface area (Å²) in [5.41, 5.74) is 1.09. The zero-order valence-electron chi connectivity index (χ0n) is 12.6. The van der Waals surface area contributed by atoms with Crippen LogP contribution >= 0.6 is 0 Å². The van der Waals surface area contributed by atoms with Gasteiger partial charge >= 0.3 is 6.03 Å². The fourth-order valence-electron chi connectivity index (χ4n) is 1.43. The van der Waals surface area contributed by atoms with Crippen LogP contribution in [0.3, 0.4) is 0 Å². The molecule has 0 saturated heterocycles. The van der Waals surface area contributed by atoms with Gasteiger partial charge in [0, 0.05) is 13.7 Å². The summed E-state index contributed by atoms with van der Waals surface area (Å²) in [5, 5.41) is 5.31. The summed E-state index contributed by atoms with van der Waals surface area (Å²) in [5.74, 6) is 2.40. The largest absolute Gasteiger partial charge is 0.382 e. The van der Waals surface area contributed by atoms with Crippen molar-refractivity contribution in [2.75, 3.05) is 52.0 Å². The molecule has 1 heterocycles. The SMILES string of the molecule is C#Cc1ccc(NC(=O)NCCOCCOCCOC)cn1. The Labute approximate surface area is 130 Å². The summed E-state index contributed by atoms with van der Waals surface area (Å²) in [7, 11) is 1.62. The second kappa shape index (κ2) is 11.5. The van der Waals surface area contributed by atoms with Gasteiger partial charge in [-0.15, -0.1) is 6.42 Å². The number of ether oxygens (including phenoxy) is 3. The molecule has 0 saturated carbocycles. The van der Waals surface area contributed by atoms with E-state index in [0.717, 1.165) is 0 Å². The molecule has 0 radical (unpaired) electrons. The standard InChI is InChI=1S/C15H21N3O4/c1-3-13-4-5-14(12-17-13)18-15(19)16-6-7-21-10-11-22-9-8-20-2/h1,4-5,12H,6-11H2,2H3,(H2,16,18,19). The van der Waals surface area contributed by atoms with Crippen molar-refractivity contribution in [3.63, 3.8) is 0 Å². The Morgan fingerprint density at radius 1 is 1.23 bits per heavy atom. The van der Waals surface area contributed by atoms with Gasteiger partial charge in [-0.2, -0.15) is 0 Å². The number of terminal acetylenes is 1. The third kappa shape index (κ3) is 8.21. The molecule has 1 rings (SSSR count). The molecule has 0 aromatic carbocycles. The molecule has 2 N–H and O–H groups in total. The predicted molar refractivity (Wildman–Crippen MR) is 82.7 cm³/mol. The molecule has 0 fully saturated rings. The number of pyridine rings is 1. The van der Waals surface area contributed by atoms with E-state index in [2.05, 4.69) is 21.5 Å². The van der Waals surface area contributed by atoms with E-state index in [1.807, 2.05) is 0 Å². The number of anilines is 1. The Kier molecular flexibility index (Phi) is 9.37. The van der Waals surface area contributed by atoms with Crippen LogP contribution in [-0.2, 0) is 14.2 Å². The number of methoxy groups -OCH3 is 1. The van der Waals surface area contributed by atoms with Gasteiger partial charge in [0.25, 0.3) is 0 Å². The summed E-state index contributed by atoms with van der Waals surface area (Å²) < 4.78 is 15.4. The van der Waals surface area contributed by atoms with Crippen LogP contribution in [0.4, 0.5) is 10.5 Å². The van der Waals surface area contributed by atoms with Crippen LogP contribution in [0, 0.1) is 12.3 Å². The van der Waals surface area contributed by atoms with Gasteiger partial charge in [-0.1, -0.05) is 5.92 Å². The molecule has 0 spiro atoms. The van der Waals surface area contributed by atoms with Crippen molar-refractivity contribution in [3.8, 4) is 12.3 Å². The van der Waals surface area contributed by atoms with Crippen LogP contribution in [-0.4, -0.2) is 57.7 Å². The van der Waals surface area contributed by atoms with E-state index in [-0.39, 0.29) is 6.03 Å².